The van der Waals surface area contributed by atoms with Crippen molar-refractivity contribution in [2.75, 3.05) is 37.8 Å². The van der Waals surface area contributed by atoms with E-state index in [2.05, 4.69) is 4.90 Å². The Labute approximate surface area is 185 Å². The van der Waals surface area contributed by atoms with Crippen molar-refractivity contribution in [2.24, 2.45) is 0 Å². The largest absolute Gasteiger partial charge is 0.488 e. The molecule has 2 aromatic carbocycles. The van der Waals surface area contributed by atoms with Crippen LogP contribution in [0.3, 0.4) is 0 Å². The second-order valence-corrected chi connectivity index (χ2v) is 8.17. The van der Waals surface area contributed by atoms with Gasteiger partial charge in [-0.1, -0.05) is 6.92 Å². The van der Waals surface area contributed by atoms with E-state index in [0.29, 0.717) is 55.0 Å². The van der Waals surface area contributed by atoms with E-state index in [1.165, 1.54) is 24.3 Å². The van der Waals surface area contributed by atoms with E-state index in [-0.39, 0.29) is 17.9 Å². The maximum absolute atomic E-state index is 13.4. The lowest BCUT2D eigenvalue weighted by Crippen LogP contribution is -2.37. The highest BCUT2D eigenvalue weighted by molar-refractivity contribution is 6.09. The molecule has 32 heavy (non-hydrogen) atoms. The Morgan fingerprint density at radius 2 is 1.91 bits per heavy atom. The number of morpholine rings is 1. The summed E-state index contributed by atoms with van der Waals surface area (Å²) in [7, 11) is 0. The Morgan fingerprint density at radius 3 is 2.53 bits per heavy atom. The summed E-state index contributed by atoms with van der Waals surface area (Å²) in [6.45, 7) is 6.01. The van der Waals surface area contributed by atoms with Crippen molar-refractivity contribution in [3.63, 3.8) is 0 Å². The molecule has 3 aromatic rings. The Bertz CT molecular complexity index is 1120. The van der Waals surface area contributed by atoms with Gasteiger partial charge in [-0.15, -0.1) is 0 Å². The number of halogens is 1. The average molecular weight is 443 g/mol. The molecule has 1 saturated heterocycles. The van der Waals surface area contributed by atoms with Gasteiger partial charge in [-0.05, 0) is 43.7 Å². The summed E-state index contributed by atoms with van der Waals surface area (Å²) in [5, 5.41) is 20.7. The molecule has 1 unspecified atom stereocenters. The zero-order valence-electron chi connectivity index (χ0n) is 18.1. The van der Waals surface area contributed by atoms with Gasteiger partial charge >= 0.3 is 5.97 Å². The van der Waals surface area contributed by atoms with Gasteiger partial charge in [0.1, 0.15) is 35.1 Å². The highest BCUT2D eigenvalue weighted by Gasteiger charge is 2.27. The molecule has 7 nitrogen and oxygen atoms in total. The van der Waals surface area contributed by atoms with Crippen molar-refractivity contribution in [1.29, 1.82) is 0 Å². The van der Waals surface area contributed by atoms with Crippen molar-refractivity contribution >= 4 is 22.6 Å². The minimum Gasteiger partial charge on any atom is -0.488 e. The van der Waals surface area contributed by atoms with Gasteiger partial charge in [0.2, 0.25) is 0 Å². The zero-order valence-corrected chi connectivity index (χ0v) is 18.1. The number of furan rings is 1. The molecule has 4 rings (SSSR count). The van der Waals surface area contributed by atoms with Gasteiger partial charge in [-0.2, -0.15) is 0 Å². The third kappa shape index (κ3) is 4.42. The number of benzene rings is 2. The fourth-order valence-electron chi connectivity index (χ4n) is 3.63. The maximum Gasteiger partial charge on any atom is 0.340 e. The summed E-state index contributed by atoms with van der Waals surface area (Å²) in [5.74, 6) is -0.969. The minimum absolute atomic E-state index is 0.0211. The lowest BCUT2D eigenvalue weighted by atomic mass is 10.0. The number of carboxylic acids is 1. The van der Waals surface area contributed by atoms with Crippen molar-refractivity contribution in [3.05, 3.63) is 47.8 Å². The molecule has 8 heteroatoms. The van der Waals surface area contributed by atoms with Crippen LogP contribution in [-0.4, -0.2) is 54.7 Å². The molecular weight excluding hydrogens is 417 g/mol. The number of hydrogen-bond donors (Lipinski definition) is 2. The van der Waals surface area contributed by atoms with Crippen molar-refractivity contribution in [3.8, 4) is 17.1 Å². The second-order valence-electron chi connectivity index (χ2n) is 8.17. The van der Waals surface area contributed by atoms with Gasteiger partial charge < -0.3 is 29.0 Å². The van der Waals surface area contributed by atoms with Crippen LogP contribution in [0.15, 0.2) is 40.8 Å². The van der Waals surface area contributed by atoms with E-state index in [0.717, 1.165) is 5.69 Å². The van der Waals surface area contributed by atoms with Crippen LogP contribution in [0.25, 0.3) is 22.3 Å². The van der Waals surface area contributed by atoms with E-state index < -0.39 is 17.4 Å². The van der Waals surface area contributed by atoms with Gasteiger partial charge in [0.25, 0.3) is 0 Å². The van der Waals surface area contributed by atoms with Crippen LogP contribution in [-0.2, 0) is 4.74 Å². The van der Waals surface area contributed by atoms with E-state index >= 15 is 0 Å². The summed E-state index contributed by atoms with van der Waals surface area (Å²) in [6.07, 6.45) is 0.503. The van der Waals surface area contributed by atoms with Crippen LogP contribution < -0.4 is 9.64 Å². The number of fused-ring (bicyclic) bond motifs is 1. The van der Waals surface area contributed by atoms with E-state index in [1.54, 1.807) is 19.1 Å². The highest BCUT2D eigenvalue weighted by atomic mass is 19.1. The van der Waals surface area contributed by atoms with E-state index in [9.17, 15) is 19.4 Å². The first-order valence-corrected chi connectivity index (χ1v) is 10.6. The van der Waals surface area contributed by atoms with Crippen LogP contribution in [0, 0.1) is 5.82 Å². The van der Waals surface area contributed by atoms with Crippen molar-refractivity contribution in [2.45, 2.75) is 25.9 Å². The Balaban J connectivity index is 1.86. The minimum atomic E-state index is -1.16. The fourth-order valence-corrected chi connectivity index (χ4v) is 3.63. The molecule has 0 saturated carbocycles. The first-order chi connectivity index (χ1) is 15.3. The molecule has 1 atom stereocenters. The molecule has 0 amide bonds. The molecule has 170 valence electrons. The number of aliphatic hydroxyl groups is 1. The molecule has 0 spiro atoms. The molecule has 1 fully saturated rings. The SMILES string of the molecule is CCC(C)(O)COc1cc2c(C(=O)O)c(-c3ccc(F)cc3)oc2cc1N1CCOCC1. The van der Waals surface area contributed by atoms with Gasteiger partial charge in [0, 0.05) is 30.1 Å². The highest BCUT2D eigenvalue weighted by Crippen LogP contribution is 2.41. The van der Waals surface area contributed by atoms with Gasteiger partial charge in [-0.25, -0.2) is 9.18 Å². The number of aromatic carboxylic acids is 1. The molecule has 1 aliphatic heterocycles. The van der Waals surface area contributed by atoms with E-state index in [1.807, 2.05) is 6.92 Å². The smallest absolute Gasteiger partial charge is 0.340 e. The molecule has 2 N–H and O–H groups in total. The van der Waals surface area contributed by atoms with Gasteiger partial charge in [-0.3, -0.25) is 0 Å². The summed E-state index contributed by atoms with van der Waals surface area (Å²) in [5.41, 5.74) is 0.543. The number of anilines is 1. The summed E-state index contributed by atoms with van der Waals surface area (Å²) in [4.78, 5) is 14.2. The number of hydrogen-bond acceptors (Lipinski definition) is 6. The first kappa shape index (κ1) is 22.1. The predicted octanol–water partition coefficient (Wildman–Crippen LogP) is 4.31. The Kier molecular flexibility index (Phi) is 6.08. The zero-order chi connectivity index (χ0) is 22.9. The Morgan fingerprint density at radius 1 is 1.22 bits per heavy atom. The standard InChI is InChI=1S/C24H26FNO6/c1-3-24(2,29)14-31-20-12-17-19(13-18(20)26-8-10-30-11-9-26)32-22(21(17)23(27)28)15-4-6-16(25)7-5-15/h4-7,12-13,29H,3,8-11,14H2,1-2H3,(H,27,28). The van der Waals surface area contributed by atoms with Gasteiger partial charge in [0.05, 0.1) is 24.5 Å². The lowest BCUT2D eigenvalue weighted by Gasteiger charge is -2.31. The van der Waals surface area contributed by atoms with Gasteiger partial charge in [0.15, 0.2) is 0 Å². The first-order valence-electron chi connectivity index (χ1n) is 10.6. The second kappa shape index (κ2) is 8.80. The summed E-state index contributed by atoms with van der Waals surface area (Å²) >= 11 is 0. The number of carboxylic acid groups (broad SMARTS) is 1. The third-order valence-electron chi connectivity index (χ3n) is 5.74. The summed E-state index contributed by atoms with van der Waals surface area (Å²) < 4.78 is 30.8. The van der Waals surface area contributed by atoms with Crippen LogP contribution in [0.2, 0.25) is 0 Å². The number of rotatable bonds is 7. The maximum atomic E-state index is 13.4. The fraction of sp³-hybridized carbons (Fsp3) is 0.375. The summed E-state index contributed by atoms with van der Waals surface area (Å²) in [6, 6.07) is 8.89. The molecule has 0 radical (unpaired) electrons. The average Bonchev–Trinajstić information content (AvgIpc) is 3.17. The molecule has 0 aliphatic carbocycles. The Hall–Kier alpha value is -3.10. The number of ether oxygens (including phenoxy) is 2. The molecule has 2 heterocycles. The number of carbonyl (C=O) groups is 1. The molecule has 1 aromatic heterocycles. The van der Waals surface area contributed by atoms with Crippen molar-refractivity contribution < 1.29 is 33.3 Å². The lowest BCUT2D eigenvalue weighted by molar-refractivity contribution is 0.00856. The monoisotopic (exact) mass is 443 g/mol. The third-order valence-corrected chi connectivity index (χ3v) is 5.74. The van der Waals surface area contributed by atoms with Crippen LogP contribution in [0.5, 0.6) is 5.75 Å². The van der Waals surface area contributed by atoms with Crippen LogP contribution in [0.4, 0.5) is 10.1 Å². The van der Waals surface area contributed by atoms with Crippen LogP contribution in [0.1, 0.15) is 30.6 Å². The topological polar surface area (TPSA) is 92.4 Å². The quantitative estimate of drug-likeness (QED) is 0.562. The normalized spacial score (nSPS) is 16.2. The van der Waals surface area contributed by atoms with Crippen molar-refractivity contribution in [1.82, 2.24) is 0 Å². The molecule has 1 aliphatic rings. The molecule has 0 bridgehead atoms. The number of nitrogens with zero attached hydrogens (tertiary/aromatic N) is 1. The van der Waals surface area contributed by atoms with E-state index in [4.69, 9.17) is 13.9 Å². The molecular formula is C24H26FNO6. The predicted molar refractivity (Wildman–Crippen MR) is 118 cm³/mol. The van der Waals surface area contributed by atoms with Crippen LogP contribution >= 0.6 is 0 Å².